The van der Waals surface area contributed by atoms with Gasteiger partial charge in [-0.15, -0.1) is 0 Å². The lowest BCUT2D eigenvalue weighted by Gasteiger charge is -1.96. The highest BCUT2D eigenvalue weighted by atomic mass is 16.4. The lowest BCUT2D eigenvalue weighted by Crippen LogP contribution is -2.24. The largest absolute Gasteiger partial charge is 0.490 e. The second-order valence-electron chi connectivity index (χ2n) is 2.46. The number of carbonyl (C=O) groups is 1. The molecule has 0 saturated heterocycles. The Balaban J connectivity index is 3.78. The highest BCUT2D eigenvalue weighted by Gasteiger charge is 2.02. The van der Waals surface area contributed by atoms with Crippen molar-refractivity contribution in [2.24, 2.45) is 0 Å². The van der Waals surface area contributed by atoms with Crippen molar-refractivity contribution in [2.75, 3.05) is 0 Å². The summed E-state index contributed by atoms with van der Waals surface area (Å²) < 4.78 is 0. The summed E-state index contributed by atoms with van der Waals surface area (Å²) >= 11 is 0. The molecule has 0 fully saturated rings. The van der Waals surface area contributed by atoms with Crippen molar-refractivity contribution in [1.82, 2.24) is 0 Å². The smallest absolute Gasteiger partial charge is 0.231 e. The fourth-order valence-electron chi connectivity index (χ4n) is 0.800. The maximum Gasteiger partial charge on any atom is 0.231 e. The van der Waals surface area contributed by atoms with Crippen molar-refractivity contribution in [1.29, 1.82) is 0 Å². The predicted molar refractivity (Wildman–Crippen MR) is 64.1 cm³/mol. The van der Waals surface area contributed by atoms with Crippen molar-refractivity contribution < 1.29 is 9.90 Å². The summed E-state index contributed by atoms with van der Waals surface area (Å²) in [6, 6.07) is 0. The van der Waals surface area contributed by atoms with Gasteiger partial charge in [-0.1, -0.05) is 36.4 Å². The Morgan fingerprint density at radius 2 is 2.00 bits per heavy atom. The van der Waals surface area contributed by atoms with E-state index in [4.69, 9.17) is 5.11 Å². The van der Waals surface area contributed by atoms with E-state index in [1.807, 2.05) is 25.2 Å². The SMILES string of the molecule is C=C/C=C([B][B][B][B]C(=O)O)\C=C/C. The summed E-state index contributed by atoms with van der Waals surface area (Å²) in [5, 5.41) is 8.32. The van der Waals surface area contributed by atoms with Crippen LogP contribution in [0.25, 0.3) is 0 Å². The number of hydrogen-bond acceptors (Lipinski definition) is 1. The van der Waals surface area contributed by atoms with Crippen LogP contribution in [0.4, 0.5) is 4.79 Å². The standard InChI is InChI=1S/C8H10B4O2/c1-3-5-7(6-4-2)9-11-12-10-8(13)14/h3-6H,1H2,2H3,(H,13,14)/b6-4-,7-5+. The average Bonchev–Trinajstić information content (AvgIpc) is 2.12. The number of hydrogen-bond donors (Lipinski definition) is 1. The minimum absolute atomic E-state index is 0.949. The maximum absolute atomic E-state index is 10.1. The maximum atomic E-state index is 10.1. The van der Waals surface area contributed by atoms with E-state index in [9.17, 15) is 4.79 Å². The van der Waals surface area contributed by atoms with E-state index in [0.29, 0.717) is 0 Å². The molecule has 66 valence electrons. The van der Waals surface area contributed by atoms with Gasteiger partial charge in [-0.2, -0.15) is 0 Å². The zero-order chi connectivity index (χ0) is 10.8. The Hall–Kier alpha value is -1.05. The number of rotatable bonds is 7. The van der Waals surface area contributed by atoms with Gasteiger partial charge < -0.3 is 5.11 Å². The molecule has 0 aromatic heterocycles. The second kappa shape index (κ2) is 8.54. The monoisotopic (exact) mass is 182 g/mol. The minimum atomic E-state index is -0.949. The van der Waals surface area contributed by atoms with Gasteiger partial charge in [-0.3, -0.25) is 4.79 Å². The van der Waals surface area contributed by atoms with Crippen molar-refractivity contribution >= 4 is 34.3 Å². The molecule has 0 saturated carbocycles. The molecule has 0 aliphatic heterocycles. The van der Waals surface area contributed by atoms with E-state index in [0.717, 1.165) is 12.6 Å². The molecule has 6 heteroatoms. The lowest BCUT2D eigenvalue weighted by molar-refractivity contribution is 0.220. The molecular formula is C8H10B4O2. The number of carboxylic acid groups (broad SMARTS) is 1. The van der Waals surface area contributed by atoms with Gasteiger partial charge in [0.05, 0.1) is 7.17 Å². The zero-order valence-corrected chi connectivity index (χ0v) is 8.18. The molecule has 0 aromatic carbocycles. The van der Waals surface area contributed by atoms with Crippen LogP contribution in [-0.4, -0.2) is 39.4 Å². The van der Waals surface area contributed by atoms with Gasteiger partial charge in [-0.05, 0) is 6.92 Å². The molecule has 0 bridgehead atoms. The first kappa shape index (κ1) is 12.9. The molecule has 0 amide bonds. The van der Waals surface area contributed by atoms with Crippen LogP contribution in [0.1, 0.15) is 6.92 Å². The Morgan fingerprint density at radius 3 is 2.50 bits per heavy atom. The molecule has 4 radical (unpaired) electrons. The predicted octanol–water partition coefficient (Wildman–Crippen LogP) is 0.872. The van der Waals surface area contributed by atoms with Gasteiger partial charge in [0.15, 0.2) is 0 Å². The van der Waals surface area contributed by atoms with Gasteiger partial charge >= 0.3 is 0 Å². The van der Waals surface area contributed by atoms with Gasteiger partial charge in [-0.25, -0.2) is 0 Å². The Labute approximate surface area is 88.1 Å². The van der Waals surface area contributed by atoms with Crippen LogP contribution in [0.2, 0.25) is 0 Å². The summed E-state index contributed by atoms with van der Waals surface area (Å²) in [6.45, 7) is 5.50. The van der Waals surface area contributed by atoms with Gasteiger partial charge in [0.2, 0.25) is 13.0 Å². The topological polar surface area (TPSA) is 37.3 Å². The summed E-state index contributed by atoms with van der Waals surface area (Å²) in [5.41, 5.74) is 0.970. The van der Waals surface area contributed by atoms with Crippen LogP contribution in [0, 0.1) is 0 Å². The Kier molecular flexibility index (Phi) is 7.90. The average molecular weight is 181 g/mol. The van der Waals surface area contributed by atoms with E-state index in [1.165, 1.54) is 7.06 Å². The summed E-state index contributed by atoms with van der Waals surface area (Å²) in [6.07, 6.45) is 7.33. The molecule has 2 nitrogen and oxygen atoms in total. The van der Waals surface area contributed by atoms with Crippen LogP contribution in [-0.2, 0) is 0 Å². The van der Waals surface area contributed by atoms with E-state index in [2.05, 4.69) is 6.58 Å². The molecule has 0 heterocycles. The molecule has 14 heavy (non-hydrogen) atoms. The fraction of sp³-hybridized carbons (Fsp3) is 0.125. The number of allylic oxidation sites excluding steroid dienone is 5. The van der Waals surface area contributed by atoms with Crippen LogP contribution < -0.4 is 0 Å². The fourth-order valence-corrected chi connectivity index (χ4v) is 0.800. The second-order valence-corrected chi connectivity index (χ2v) is 2.46. The Morgan fingerprint density at radius 1 is 1.36 bits per heavy atom. The van der Waals surface area contributed by atoms with Crippen LogP contribution in [0.15, 0.2) is 36.4 Å². The molecule has 0 atom stereocenters. The van der Waals surface area contributed by atoms with E-state index in [-0.39, 0.29) is 0 Å². The third kappa shape index (κ3) is 7.59. The Bertz CT molecular complexity index is 248. The molecule has 1 N–H and O–H groups in total. The highest BCUT2D eigenvalue weighted by molar-refractivity contribution is 7.49. The van der Waals surface area contributed by atoms with Crippen LogP contribution >= 0.6 is 0 Å². The molecule has 0 aliphatic rings. The third-order valence-corrected chi connectivity index (χ3v) is 1.31. The summed E-state index contributed by atoms with van der Waals surface area (Å²) in [5.74, 6) is -0.949. The molecule has 0 rings (SSSR count). The molecular weight excluding hydrogens is 171 g/mol. The van der Waals surface area contributed by atoms with E-state index < -0.39 is 5.87 Å². The molecule has 0 unspecified atom stereocenters. The summed E-state index contributed by atoms with van der Waals surface area (Å²) in [4.78, 5) is 10.1. The van der Waals surface area contributed by atoms with Crippen molar-refractivity contribution in [3.8, 4) is 0 Å². The van der Waals surface area contributed by atoms with E-state index >= 15 is 0 Å². The molecule has 0 aliphatic carbocycles. The molecule has 0 spiro atoms. The zero-order valence-electron chi connectivity index (χ0n) is 8.18. The minimum Gasteiger partial charge on any atom is -0.490 e. The van der Waals surface area contributed by atoms with Gasteiger partial charge in [0.25, 0.3) is 0 Å². The third-order valence-electron chi connectivity index (χ3n) is 1.31. The van der Waals surface area contributed by atoms with Crippen molar-refractivity contribution in [3.05, 3.63) is 36.4 Å². The van der Waals surface area contributed by atoms with Crippen LogP contribution in [0.3, 0.4) is 0 Å². The van der Waals surface area contributed by atoms with Gasteiger partial charge in [0.1, 0.15) is 0 Å². The van der Waals surface area contributed by atoms with Crippen molar-refractivity contribution in [3.63, 3.8) is 0 Å². The normalized spacial score (nSPS) is 10.8. The lowest BCUT2D eigenvalue weighted by atomic mass is 9.07. The van der Waals surface area contributed by atoms with Gasteiger partial charge in [0, 0.05) is 14.1 Å². The molecule has 0 aromatic rings. The summed E-state index contributed by atoms with van der Waals surface area (Å²) in [7, 11) is 6.03. The van der Waals surface area contributed by atoms with E-state index in [1.54, 1.807) is 20.3 Å². The first-order valence-corrected chi connectivity index (χ1v) is 4.23. The first-order chi connectivity index (χ1) is 6.70. The van der Waals surface area contributed by atoms with Crippen molar-refractivity contribution in [2.45, 2.75) is 6.92 Å². The van der Waals surface area contributed by atoms with Crippen LogP contribution in [0.5, 0.6) is 0 Å². The quantitative estimate of drug-likeness (QED) is 0.359. The first-order valence-electron chi connectivity index (χ1n) is 4.23. The highest BCUT2D eigenvalue weighted by Crippen LogP contribution is 1.93.